The van der Waals surface area contributed by atoms with E-state index in [0.717, 1.165) is 22.6 Å². The van der Waals surface area contributed by atoms with E-state index in [1.54, 1.807) is 14.2 Å². The highest BCUT2D eigenvalue weighted by Gasteiger charge is 2.14. The van der Waals surface area contributed by atoms with Gasteiger partial charge in [0.1, 0.15) is 5.69 Å². The molecule has 106 valence electrons. The van der Waals surface area contributed by atoms with Crippen molar-refractivity contribution >= 4 is 0 Å². The topological polar surface area (TPSA) is 44.5 Å². The third-order valence-electron chi connectivity index (χ3n) is 3.26. The zero-order valence-electron chi connectivity index (χ0n) is 11.9. The minimum absolute atomic E-state index is 0.664. The van der Waals surface area contributed by atoms with Crippen molar-refractivity contribution in [3.05, 3.63) is 54.9 Å². The Labute approximate surface area is 123 Å². The molecule has 0 spiro atoms. The van der Waals surface area contributed by atoms with Gasteiger partial charge in [0.05, 0.1) is 14.2 Å². The maximum atomic E-state index is 5.55. The molecule has 0 fully saturated rings. The van der Waals surface area contributed by atoms with Crippen molar-refractivity contribution < 1.29 is 13.9 Å². The first-order valence-electron chi connectivity index (χ1n) is 6.55. The van der Waals surface area contributed by atoms with Crippen LogP contribution in [-0.4, -0.2) is 19.2 Å². The number of oxazole rings is 1. The number of hydrogen-bond acceptors (Lipinski definition) is 4. The molecular formula is C17H15NO3. The van der Waals surface area contributed by atoms with E-state index in [0.29, 0.717) is 11.5 Å². The van der Waals surface area contributed by atoms with Crippen LogP contribution in [0.1, 0.15) is 0 Å². The van der Waals surface area contributed by atoms with Crippen molar-refractivity contribution in [2.45, 2.75) is 0 Å². The number of methoxy groups -OCH3 is 2. The quantitative estimate of drug-likeness (QED) is 0.724. The number of hydrogen-bond donors (Lipinski definition) is 0. The SMILES string of the molecule is COc1ccc(-c2ncoc2-c2ccccc2)cc1OC. The summed E-state index contributed by atoms with van der Waals surface area (Å²) in [6.07, 6.45) is 1.45. The Hall–Kier alpha value is -2.75. The molecule has 0 saturated carbocycles. The molecule has 0 atom stereocenters. The van der Waals surface area contributed by atoms with Crippen molar-refractivity contribution in [3.63, 3.8) is 0 Å². The first kappa shape index (κ1) is 13.2. The van der Waals surface area contributed by atoms with Gasteiger partial charge in [-0.25, -0.2) is 4.98 Å². The van der Waals surface area contributed by atoms with Crippen LogP contribution in [0.2, 0.25) is 0 Å². The van der Waals surface area contributed by atoms with Crippen LogP contribution in [0.15, 0.2) is 59.3 Å². The smallest absolute Gasteiger partial charge is 0.182 e. The van der Waals surface area contributed by atoms with Crippen LogP contribution in [0.5, 0.6) is 11.5 Å². The molecule has 0 aliphatic rings. The minimum atomic E-state index is 0.664. The van der Waals surface area contributed by atoms with E-state index in [2.05, 4.69) is 4.98 Å². The van der Waals surface area contributed by atoms with Gasteiger partial charge in [0.15, 0.2) is 23.7 Å². The molecule has 1 aromatic heterocycles. The third-order valence-corrected chi connectivity index (χ3v) is 3.26. The van der Waals surface area contributed by atoms with Gasteiger partial charge < -0.3 is 13.9 Å². The summed E-state index contributed by atoms with van der Waals surface area (Å²) < 4.78 is 16.1. The first-order valence-corrected chi connectivity index (χ1v) is 6.55. The van der Waals surface area contributed by atoms with Crippen LogP contribution >= 0.6 is 0 Å². The Morgan fingerprint density at radius 1 is 0.857 bits per heavy atom. The molecule has 3 rings (SSSR count). The zero-order valence-corrected chi connectivity index (χ0v) is 11.9. The maximum Gasteiger partial charge on any atom is 0.182 e. The van der Waals surface area contributed by atoms with Crippen molar-refractivity contribution in [2.24, 2.45) is 0 Å². The predicted octanol–water partition coefficient (Wildman–Crippen LogP) is 4.03. The molecule has 0 bridgehead atoms. The lowest BCUT2D eigenvalue weighted by atomic mass is 10.1. The molecule has 21 heavy (non-hydrogen) atoms. The molecule has 0 aliphatic heterocycles. The van der Waals surface area contributed by atoms with E-state index in [1.807, 2.05) is 48.5 Å². The molecular weight excluding hydrogens is 266 g/mol. The monoisotopic (exact) mass is 281 g/mol. The van der Waals surface area contributed by atoms with E-state index in [-0.39, 0.29) is 0 Å². The van der Waals surface area contributed by atoms with Crippen molar-refractivity contribution in [1.82, 2.24) is 4.98 Å². The summed E-state index contributed by atoms with van der Waals surface area (Å²) in [6.45, 7) is 0. The van der Waals surface area contributed by atoms with Crippen molar-refractivity contribution in [2.75, 3.05) is 14.2 Å². The van der Waals surface area contributed by atoms with Gasteiger partial charge in [0.2, 0.25) is 0 Å². The lowest BCUT2D eigenvalue weighted by Crippen LogP contribution is -1.91. The fourth-order valence-corrected chi connectivity index (χ4v) is 2.23. The summed E-state index contributed by atoms with van der Waals surface area (Å²) in [6, 6.07) is 15.6. The second kappa shape index (κ2) is 5.71. The van der Waals surface area contributed by atoms with Gasteiger partial charge >= 0.3 is 0 Å². The minimum Gasteiger partial charge on any atom is -0.493 e. The highest BCUT2D eigenvalue weighted by molar-refractivity contribution is 5.77. The summed E-state index contributed by atoms with van der Waals surface area (Å²) in [5, 5.41) is 0. The highest BCUT2D eigenvalue weighted by atomic mass is 16.5. The number of benzene rings is 2. The summed E-state index contributed by atoms with van der Waals surface area (Å²) in [5.41, 5.74) is 2.68. The Balaban J connectivity index is 2.08. The second-order valence-corrected chi connectivity index (χ2v) is 4.47. The Kier molecular flexibility index (Phi) is 3.60. The first-order chi connectivity index (χ1) is 10.3. The van der Waals surface area contributed by atoms with Gasteiger partial charge in [-0.2, -0.15) is 0 Å². The van der Waals surface area contributed by atoms with Gasteiger partial charge in [-0.05, 0) is 18.2 Å². The van der Waals surface area contributed by atoms with Gasteiger partial charge in [-0.15, -0.1) is 0 Å². The lowest BCUT2D eigenvalue weighted by Gasteiger charge is -2.09. The number of ether oxygens (including phenoxy) is 2. The number of rotatable bonds is 4. The van der Waals surface area contributed by atoms with E-state index < -0.39 is 0 Å². The molecule has 0 saturated heterocycles. The van der Waals surface area contributed by atoms with Crippen LogP contribution in [0.25, 0.3) is 22.6 Å². The van der Waals surface area contributed by atoms with E-state index >= 15 is 0 Å². The lowest BCUT2D eigenvalue weighted by molar-refractivity contribution is 0.355. The standard InChI is InChI=1S/C17H15NO3/c1-19-14-9-8-13(10-15(14)20-2)16-17(21-11-18-16)12-6-4-3-5-7-12/h3-11H,1-2H3. The van der Waals surface area contributed by atoms with Gasteiger partial charge in [0.25, 0.3) is 0 Å². The van der Waals surface area contributed by atoms with Crippen LogP contribution in [0, 0.1) is 0 Å². The summed E-state index contributed by atoms with van der Waals surface area (Å²) in [4.78, 5) is 4.33. The van der Waals surface area contributed by atoms with Gasteiger partial charge in [-0.3, -0.25) is 0 Å². The Bertz CT molecular complexity index is 735. The molecule has 0 amide bonds. The number of nitrogens with zero attached hydrogens (tertiary/aromatic N) is 1. The Morgan fingerprint density at radius 2 is 1.62 bits per heavy atom. The van der Waals surface area contributed by atoms with Gasteiger partial charge in [-0.1, -0.05) is 30.3 Å². The molecule has 1 heterocycles. The fourth-order valence-electron chi connectivity index (χ4n) is 2.23. The number of aromatic nitrogens is 1. The largest absolute Gasteiger partial charge is 0.493 e. The zero-order chi connectivity index (χ0) is 14.7. The van der Waals surface area contributed by atoms with Gasteiger partial charge in [0, 0.05) is 11.1 Å². The predicted molar refractivity (Wildman–Crippen MR) is 80.5 cm³/mol. The average molecular weight is 281 g/mol. The van der Waals surface area contributed by atoms with Crippen molar-refractivity contribution in [1.29, 1.82) is 0 Å². The highest BCUT2D eigenvalue weighted by Crippen LogP contribution is 2.36. The maximum absolute atomic E-state index is 5.55. The van der Waals surface area contributed by atoms with E-state index in [1.165, 1.54) is 6.39 Å². The van der Waals surface area contributed by atoms with Crippen LogP contribution in [0.4, 0.5) is 0 Å². The summed E-state index contributed by atoms with van der Waals surface area (Å²) >= 11 is 0. The molecule has 0 radical (unpaired) electrons. The Morgan fingerprint density at radius 3 is 2.33 bits per heavy atom. The normalized spacial score (nSPS) is 10.4. The van der Waals surface area contributed by atoms with E-state index in [9.17, 15) is 0 Å². The molecule has 0 N–H and O–H groups in total. The molecule has 0 aliphatic carbocycles. The molecule has 3 aromatic rings. The molecule has 4 heteroatoms. The summed E-state index contributed by atoms with van der Waals surface area (Å²) in [7, 11) is 3.23. The molecule has 2 aromatic carbocycles. The summed E-state index contributed by atoms with van der Waals surface area (Å²) in [5.74, 6) is 2.09. The second-order valence-electron chi connectivity index (χ2n) is 4.47. The van der Waals surface area contributed by atoms with Crippen LogP contribution in [0.3, 0.4) is 0 Å². The van der Waals surface area contributed by atoms with Crippen molar-refractivity contribution in [3.8, 4) is 34.1 Å². The fraction of sp³-hybridized carbons (Fsp3) is 0.118. The third kappa shape index (κ3) is 2.48. The average Bonchev–Trinajstić information content (AvgIpc) is 3.04. The molecule has 0 unspecified atom stereocenters. The van der Waals surface area contributed by atoms with E-state index in [4.69, 9.17) is 13.9 Å². The molecule has 4 nitrogen and oxygen atoms in total. The van der Waals surface area contributed by atoms with Crippen LogP contribution in [-0.2, 0) is 0 Å². The van der Waals surface area contributed by atoms with Crippen LogP contribution < -0.4 is 9.47 Å².